The number of hydrogen-bond acceptors (Lipinski definition) is 1. The van der Waals surface area contributed by atoms with Gasteiger partial charge in [-0.2, -0.15) is 0 Å². The van der Waals surface area contributed by atoms with Crippen molar-refractivity contribution in [1.82, 2.24) is 5.32 Å². The number of piperidine rings is 1. The molecule has 1 fully saturated rings. The number of quaternary nitrogens is 1. The summed E-state index contributed by atoms with van der Waals surface area (Å²) in [6, 6.07) is 11.1. The molecule has 0 bridgehead atoms. The van der Waals surface area contributed by atoms with Gasteiger partial charge in [0.05, 0.1) is 13.1 Å². The number of likely N-dealkylation sites (tertiary alicyclic amines) is 1. The maximum absolute atomic E-state index is 13.2. The van der Waals surface area contributed by atoms with E-state index in [4.69, 9.17) is 11.6 Å². The number of carbonyl (C=O) groups is 1. The van der Waals surface area contributed by atoms with Crippen LogP contribution in [0.3, 0.4) is 0 Å². The lowest BCUT2D eigenvalue weighted by molar-refractivity contribution is -0.918. The Labute approximate surface area is 150 Å². The van der Waals surface area contributed by atoms with Crippen molar-refractivity contribution in [2.24, 2.45) is 0 Å². The average Bonchev–Trinajstić information content (AvgIpc) is 2.61. The molecule has 2 aromatic carbocycles. The number of nitrogens with one attached hydrogen (secondary N) is 2. The molecular weight excluding hydrogens is 346 g/mol. The Morgan fingerprint density at radius 1 is 1.08 bits per heavy atom. The first-order chi connectivity index (χ1) is 12.0. The second-order valence-corrected chi connectivity index (χ2v) is 6.87. The summed E-state index contributed by atoms with van der Waals surface area (Å²) >= 11 is 5.90. The smallest absolute Gasteiger partial charge is 0.251 e. The SMILES string of the molecule is O=C(NC1CC[NH+](Cc2ccc(Cl)cc2)CC1)c1ccc(F)c(F)c1. The van der Waals surface area contributed by atoms with E-state index in [2.05, 4.69) is 5.32 Å². The van der Waals surface area contributed by atoms with Crippen LogP contribution in [0.4, 0.5) is 8.78 Å². The molecule has 1 aliphatic rings. The molecule has 3 nitrogen and oxygen atoms in total. The lowest BCUT2D eigenvalue weighted by Gasteiger charge is -2.29. The second kappa shape index (κ2) is 7.93. The van der Waals surface area contributed by atoms with E-state index in [9.17, 15) is 13.6 Å². The van der Waals surface area contributed by atoms with Gasteiger partial charge >= 0.3 is 0 Å². The number of amides is 1. The Morgan fingerprint density at radius 3 is 2.40 bits per heavy atom. The molecule has 0 spiro atoms. The third-order valence-corrected chi connectivity index (χ3v) is 4.83. The van der Waals surface area contributed by atoms with Gasteiger partial charge in [-0.15, -0.1) is 0 Å². The molecule has 0 saturated carbocycles. The van der Waals surface area contributed by atoms with Crippen molar-refractivity contribution < 1.29 is 18.5 Å². The van der Waals surface area contributed by atoms with Gasteiger partial charge in [0.1, 0.15) is 6.54 Å². The van der Waals surface area contributed by atoms with E-state index in [1.165, 1.54) is 16.5 Å². The van der Waals surface area contributed by atoms with E-state index < -0.39 is 11.6 Å². The van der Waals surface area contributed by atoms with E-state index in [1.54, 1.807) is 0 Å². The zero-order chi connectivity index (χ0) is 17.8. The summed E-state index contributed by atoms with van der Waals surface area (Å²) in [4.78, 5) is 13.6. The third kappa shape index (κ3) is 4.77. The van der Waals surface area contributed by atoms with E-state index in [-0.39, 0.29) is 17.5 Å². The molecule has 0 atom stereocenters. The zero-order valence-electron chi connectivity index (χ0n) is 13.7. The summed E-state index contributed by atoms with van der Waals surface area (Å²) in [6.07, 6.45) is 1.72. The maximum Gasteiger partial charge on any atom is 0.251 e. The van der Waals surface area contributed by atoms with Crippen LogP contribution in [-0.4, -0.2) is 25.0 Å². The first kappa shape index (κ1) is 17.8. The highest BCUT2D eigenvalue weighted by atomic mass is 35.5. The Kier molecular flexibility index (Phi) is 5.66. The number of halogens is 3. The molecule has 1 heterocycles. The summed E-state index contributed by atoms with van der Waals surface area (Å²) < 4.78 is 26.2. The highest BCUT2D eigenvalue weighted by Crippen LogP contribution is 2.11. The fourth-order valence-corrected chi connectivity index (χ4v) is 3.27. The van der Waals surface area contributed by atoms with Crippen molar-refractivity contribution in [2.45, 2.75) is 25.4 Å². The molecular formula is C19H20ClF2N2O+. The van der Waals surface area contributed by atoms with Gasteiger partial charge in [-0.05, 0) is 30.3 Å². The normalized spacial score (nSPS) is 20.3. The molecule has 2 aromatic rings. The molecule has 1 aliphatic heterocycles. The van der Waals surface area contributed by atoms with Crippen LogP contribution in [0.5, 0.6) is 0 Å². The largest absolute Gasteiger partial charge is 0.349 e. The molecule has 0 unspecified atom stereocenters. The maximum atomic E-state index is 13.2. The first-order valence-electron chi connectivity index (χ1n) is 8.35. The number of rotatable bonds is 4. The number of benzene rings is 2. The molecule has 1 amide bonds. The Morgan fingerprint density at radius 2 is 1.76 bits per heavy atom. The Bertz CT molecular complexity index is 744. The standard InChI is InChI=1S/C19H19ClF2N2O/c20-15-4-1-13(2-5-15)12-24-9-7-16(8-10-24)23-19(25)14-3-6-17(21)18(22)11-14/h1-6,11,16H,7-10,12H2,(H,23,25)/p+1. The third-order valence-electron chi connectivity index (χ3n) is 4.58. The molecule has 6 heteroatoms. The van der Waals surface area contributed by atoms with Crippen molar-refractivity contribution in [3.05, 3.63) is 70.2 Å². The average molecular weight is 366 g/mol. The fraction of sp³-hybridized carbons (Fsp3) is 0.316. The molecule has 0 radical (unpaired) electrons. The van der Waals surface area contributed by atoms with Crippen LogP contribution in [0, 0.1) is 11.6 Å². The fourth-order valence-electron chi connectivity index (χ4n) is 3.14. The Balaban J connectivity index is 1.49. The van der Waals surface area contributed by atoms with E-state index in [0.29, 0.717) is 0 Å². The van der Waals surface area contributed by atoms with Crippen molar-refractivity contribution >= 4 is 17.5 Å². The van der Waals surface area contributed by atoms with E-state index in [1.807, 2.05) is 24.3 Å². The summed E-state index contributed by atoms with van der Waals surface area (Å²) in [7, 11) is 0. The highest BCUT2D eigenvalue weighted by molar-refractivity contribution is 6.30. The minimum absolute atomic E-state index is 0.0644. The summed E-state index contributed by atoms with van der Waals surface area (Å²) in [5.74, 6) is -2.31. The van der Waals surface area contributed by atoms with Crippen molar-refractivity contribution in [3.8, 4) is 0 Å². The van der Waals surface area contributed by atoms with Gasteiger partial charge in [-0.1, -0.05) is 23.7 Å². The summed E-state index contributed by atoms with van der Waals surface area (Å²) in [5, 5.41) is 3.65. The van der Waals surface area contributed by atoms with Gasteiger partial charge in [-0.3, -0.25) is 4.79 Å². The van der Waals surface area contributed by atoms with Gasteiger partial charge in [0.25, 0.3) is 5.91 Å². The minimum atomic E-state index is -1.00. The molecule has 3 rings (SSSR count). The lowest BCUT2D eigenvalue weighted by atomic mass is 10.0. The van der Waals surface area contributed by atoms with Gasteiger partial charge in [-0.25, -0.2) is 8.78 Å². The molecule has 2 N–H and O–H groups in total. The highest BCUT2D eigenvalue weighted by Gasteiger charge is 2.24. The Hall–Kier alpha value is -1.98. The van der Waals surface area contributed by atoms with E-state index >= 15 is 0 Å². The molecule has 132 valence electrons. The first-order valence-corrected chi connectivity index (χ1v) is 8.73. The van der Waals surface area contributed by atoms with Gasteiger partial charge in [0, 0.05) is 35.0 Å². The number of hydrogen-bond donors (Lipinski definition) is 2. The van der Waals surface area contributed by atoms with Crippen LogP contribution < -0.4 is 10.2 Å². The van der Waals surface area contributed by atoms with Crippen LogP contribution in [0.25, 0.3) is 0 Å². The van der Waals surface area contributed by atoms with Crippen LogP contribution in [0.2, 0.25) is 5.02 Å². The molecule has 25 heavy (non-hydrogen) atoms. The second-order valence-electron chi connectivity index (χ2n) is 6.43. The predicted octanol–water partition coefficient (Wildman–Crippen LogP) is 2.60. The van der Waals surface area contributed by atoms with Gasteiger partial charge < -0.3 is 10.2 Å². The van der Waals surface area contributed by atoms with Gasteiger partial charge in [0.15, 0.2) is 11.6 Å². The van der Waals surface area contributed by atoms with Crippen molar-refractivity contribution in [3.63, 3.8) is 0 Å². The summed E-state index contributed by atoms with van der Waals surface area (Å²) in [5.41, 5.74) is 1.39. The molecule has 0 aliphatic carbocycles. The van der Waals surface area contributed by atoms with Crippen molar-refractivity contribution in [1.29, 1.82) is 0 Å². The number of carbonyl (C=O) groups excluding carboxylic acids is 1. The quantitative estimate of drug-likeness (QED) is 0.858. The van der Waals surface area contributed by atoms with Crippen molar-refractivity contribution in [2.75, 3.05) is 13.1 Å². The van der Waals surface area contributed by atoms with Crippen LogP contribution >= 0.6 is 11.6 Å². The van der Waals surface area contributed by atoms with Gasteiger partial charge in [0.2, 0.25) is 0 Å². The van der Waals surface area contributed by atoms with Crippen LogP contribution in [-0.2, 0) is 6.54 Å². The minimum Gasteiger partial charge on any atom is -0.349 e. The lowest BCUT2D eigenvalue weighted by Crippen LogP contribution is -3.12. The summed E-state index contributed by atoms with van der Waals surface area (Å²) in [6.45, 7) is 2.83. The molecule has 0 aromatic heterocycles. The zero-order valence-corrected chi connectivity index (χ0v) is 14.5. The predicted molar refractivity (Wildman–Crippen MR) is 92.7 cm³/mol. The van der Waals surface area contributed by atoms with E-state index in [0.717, 1.165) is 49.6 Å². The van der Waals surface area contributed by atoms with Crippen LogP contribution in [0.15, 0.2) is 42.5 Å². The monoisotopic (exact) mass is 365 g/mol. The van der Waals surface area contributed by atoms with Crippen LogP contribution in [0.1, 0.15) is 28.8 Å². The topological polar surface area (TPSA) is 33.5 Å². The molecule has 1 saturated heterocycles.